The monoisotopic (exact) mass is 338 g/mol. The lowest BCUT2D eigenvalue weighted by Crippen LogP contribution is -2.39. The van der Waals surface area contributed by atoms with Gasteiger partial charge in [0.05, 0.1) is 16.8 Å². The van der Waals surface area contributed by atoms with Crippen molar-refractivity contribution < 1.29 is 4.74 Å². The van der Waals surface area contributed by atoms with Crippen molar-refractivity contribution in [1.29, 1.82) is 0 Å². The van der Waals surface area contributed by atoms with Gasteiger partial charge in [0, 0.05) is 38.5 Å². The van der Waals surface area contributed by atoms with Gasteiger partial charge in [0.15, 0.2) is 5.96 Å². The van der Waals surface area contributed by atoms with Crippen molar-refractivity contribution in [1.82, 2.24) is 15.6 Å². The molecule has 0 unspecified atom stereocenters. The fourth-order valence-electron chi connectivity index (χ4n) is 2.81. The Balaban J connectivity index is 1.50. The maximum Gasteiger partial charge on any atom is 0.190 e. The molecule has 1 fully saturated rings. The first-order valence-electron chi connectivity index (χ1n) is 8.75. The van der Waals surface area contributed by atoms with Crippen LogP contribution in [-0.2, 0) is 11.2 Å². The van der Waals surface area contributed by atoms with Crippen LogP contribution in [0.2, 0.25) is 0 Å². The van der Waals surface area contributed by atoms with Crippen molar-refractivity contribution in [3.05, 3.63) is 16.1 Å². The highest BCUT2D eigenvalue weighted by Gasteiger charge is 2.12. The van der Waals surface area contributed by atoms with Crippen LogP contribution < -0.4 is 10.6 Å². The number of aliphatic imine (C=N–C) groups is 1. The lowest BCUT2D eigenvalue weighted by molar-refractivity contribution is 0.0277. The van der Waals surface area contributed by atoms with Crippen LogP contribution in [0.4, 0.5) is 0 Å². The van der Waals surface area contributed by atoms with Crippen molar-refractivity contribution in [3.63, 3.8) is 0 Å². The molecule has 1 aliphatic rings. The topological polar surface area (TPSA) is 58.5 Å². The van der Waals surface area contributed by atoms with E-state index in [9.17, 15) is 0 Å². The molecule has 1 aromatic rings. The number of rotatable bonds is 8. The van der Waals surface area contributed by atoms with E-state index in [2.05, 4.69) is 26.0 Å². The first kappa shape index (κ1) is 18.2. The molecule has 1 aromatic heterocycles. The summed E-state index contributed by atoms with van der Waals surface area (Å²) >= 11 is 1.70. The highest BCUT2D eigenvalue weighted by Crippen LogP contribution is 2.20. The molecule has 6 heteroatoms. The van der Waals surface area contributed by atoms with Crippen LogP contribution in [0.25, 0.3) is 0 Å². The minimum absolute atomic E-state index is 0.503. The Morgan fingerprint density at radius 3 is 2.78 bits per heavy atom. The molecule has 130 valence electrons. The van der Waals surface area contributed by atoms with Gasteiger partial charge in [0.1, 0.15) is 0 Å². The number of hydrogen-bond acceptors (Lipinski definition) is 4. The van der Waals surface area contributed by atoms with Crippen LogP contribution in [0.3, 0.4) is 0 Å². The number of hydrogen-bond donors (Lipinski definition) is 2. The van der Waals surface area contributed by atoms with Crippen LogP contribution in [0.1, 0.15) is 49.2 Å². The minimum Gasteiger partial charge on any atom is -0.378 e. The van der Waals surface area contributed by atoms with E-state index in [-0.39, 0.29) is 0 Å². The van der Waals surface area contributed by atoms with Crippen molar-refractivity contribution in [2.45, 2.75) is 58.0 Å². The highest BCUT2D eigenvalue weighted by molar-refractivity contribution is 7.09. The third kappa shape index (κ3) is 7.31. The van der Waals surface area contributed by atoms with Crippen LogP contribution >= 0.6 is 11.3 Å². The summed E-state index contributed by atoms with van der Waals surface area (Å²) in [6.07, 6.45) is 8.97. The molecule has 1 aliphatic carbocycles. The Morgan fingerprint density at radius 2 is 2.09 bits per heavy atom. The summed E-state index contributed by atoms with van der Waals surface area (Å²) in [6.45, 7) is 4.62. The predicted octanol–water partition coefficient (Wildman–Crippen LogP) is 2.90. The second-order valence-electron chi connectivity index (χ2n) is 6.02. The van der Waals surface area contributed by atoms with E-state index in [1.54, 1.807) is 18.4 Å². The lowest BCUT2D eigenvalue weighted by Gasteiger charge is -2.22. The van der Waals surface area contributed by atoms with Crippen molar-refractivity contribution in [2.24, 2.45) is 4.99 Å². The van der Waals surface area contributed by atoms with Gasteiger partial charge in [-0.25, -0.2) is 4.98 Å². The van der Waals surface area contributed by atoms with Gasteiger partial charge in [-0.3, -0.25) is 4.99 Å². The molecule has 0 atom stereocenters. The minimum atomic E-state index is 0.503. The average Bonchev–Trinajstić information content (AvgIpc) is 2.99. The van der Waals surface area contributed by atoms with Gasteiger partial charge < -0.3 is 15.4 Å². The molecule has 2 rings (SSSR count). The summed E-state index contributed by atoms with van der Waals surface area (Å²) in [6, 6.07) is 0. The highest BCUT2D eigenvalue weighted by atomic mass is 32.1. The number of ether oxygens (including phenoxy) is 1. The first-order chi connectivity index (χ1) is 11.3. The van der Waals surface area contributed by atoms with Gasteiger partial charge in [0.25, 0.3) is 0 Å². The Bertz CT molecular complexity index is 469. The molecule has 0 aliphatic heterocycles. The van der Waals surface area contributed by atoms with E-state index in [4.69, 9.17) is 4.74 Å². The largest absolute Gasteiger partial charge is 0.378 e. The van der Waals surface area contributed by atoms with Crippen LogP contribution in [0.5, 0.6) is 0 Å². The van der Waals surface area contributed by atoms with E-state index in [0.29, 0.717) is 6.10 Å². The zero-order chi connectivity index (χ0) is 16.3. The molecule has 1 heterocycles. The van der Waals surface area contributed by atoms with Crippen LogP contribution in [0.15, 0.2) is 10.4 Å². The van der Waals surface area contributed by atoms with E-state index in [1.165, 1.54) is 32.1 Å². The van der Waals surface area contributed by atoms with Crippen LogP contribution in [0, 0.1) is 6.92 Å². The quantitative estimate of drug-likeness (QED) is 0.435. The van der Waals surface area contributed by atoms with Gasteiger partial charge >= 0.3 is 0 Å². The number of nitrogens with zero attached hydrogens (tertiary/aromatic N) is 2. The molecule has 0 saturated heterocycles. The Hall–Kier alpha value is -1.14. The molecular formula is C17H30N4OS. The maximum absolute atomic E-state index is 5.93. The van der Waals surface area contributed by atoms with E-state index in [1.807, 2.05) is 6.92 Å². The second-order valence-corrected chi connectivity index (χ2v) is 7.08. The molecule has 23 heavy (non-hydrogen) atoms. The summed E-state index contributed by atoms with van der Waals surface area (Å²) < 4.78 is 5.93. The van der Waals surface area contributed by atoms with Gasteiger partial charge in [0.2, 0.25) is 0 Å². The summed E-state index contributed by atoms with van der Waals surface area (Å²) in [7, 11) is 1.81. The molecule has 2 N–H and O–H groups in total. The number of thiazole rings is 1. The zero-order valence-corrected chi connectivity index (χ0v) is 15.3. The third-order valence-electron chi connectivity index (χ3n) is 4.08. The van der Waals surface area contributed by atoms with Crippen molar-refractivity contribution >= 4 is 17.3 Å². The normalized spacial score (nSPS) is 16.5. The fourth-order valence-corrected chi connectivity index (χ4v) is 3.46. The van der Waals surface area contributed by atoms with Crippen LogP contribution in [-0.4, -0.2) is 43.8 Å². The molecule has 0 aromatic carbocycles. The van der Waals surface area contributed by atoms with Gasteiger partial charge in [-0.05, 0) is 26.2 Å². The number of aromatic nitrogens is 1. The average molecular weight is 339 g/mol. The number of nitrogens with one attached hydrogen (secondary N) is 2. The smallest absolute Gasteiger partial charge is 0.190 e. The molecule has 0 radical (unpaired) electrons. The second kappa shape index (κ2) is 10.6. The maximum atomic E-state index is 5.93. The van der Waals surface area contributed by atoms with Crippen molar-refractivity contribution in [2.75, 3.05) is 26.7 Å². The number of aryl methyl sites for hydroxylation is 1. The lowest BCUT2D eigenvalue weighted by atomic mass is 9.98. The summed E-state index contributed by atoms with van der Waals surface area (Å²) in [5.41, 5.74) is 1.15. The SMILES string of the molecule is CN=C(NCCCOC1CCCCC1)NCCc1csc(C)n1. The fraction of sp³-hybridized carbons (Fsp3) is 0.765. The molecule has 0 spiro atoms. The Labute approximate surface area is 144 Å². The predicted molar refractivity (Wildman–Crippen MR) is 97.4 cm³/mol. The molecular weight excluding hydrogens is 308 g/mol. The number of guanidine groups is 1. The molecule has 0 amide bonds. The first-order valence-corrected chi connectivity index (χ1v) is 9.63. The summed E-state index contributed by atoms with van der Waals surface area (Å²) in [5, 5.41) is 9.92. The van der Waals surface area contributed by atoms with Gasteiger partial charge in [-0.2, -0.15) is 0 Å². The Kier molecular flexibility index (Phi) is 8.39. The van der Waals surface area contributed by atoms with Gasteiger partial charge in [-0.15, -0.1) is 11.3 Å². The third-order valence-corrected chi connectivity index (χ3v) is 4.91. The van der Waals surface area contributed by atoms with E-state index >= 15 is 0 Å². The summed E-state index contributed by atoms with van der Waals surface area (Å²) in [5.74, 6) is 0.856. The van der Waals surface area contributed by atoms with Gasteiger partial charge in [-0.1, -0.05) is 19.3 Å². The van der Waals surface area contributed by atoms with Crippen molar-refractivity contribution in [3.8, 4) is 0 Å². The van der Waals surface area contributed by atoms with E-state index < -0.39 is 0 Å². The standard InChI is InChI=1S/C17H30N4OS/c1-14-21-15(13-23-14)9-11-20-17(18-2)19-10-6-12-22-16-7-4-3-5-8-16/h13,16H,3-12H2,1-2H3,(H2,18,19,20). The zero-order valence-electron chi connectivity index (χ0n) is 14.4. The Morgan fingerprint density at radius 1 is 1.30 bits per heavy atom. The molecule has 5 nitrogen and oxygen atoms in total. The summed E-state index contributed by atoms with van der Waals surface area (Å²) in [4.78, 5) is 8.71. The molecule has 0 bridgehead atoms. The van der Waals surface area contributed by atoms with E-state index in [0.717, 1.165) is 49.2 Å². The molecule has 1 saturated carbocycles.